The zero-order valence-corrected chi connectivity index (χ0v) is 20.3. The molecule has 0 radical (unpaired) electrons. The van der Waals surface area contributed by atoms with Crippen molar-refractivity contribution in [3.8, 4) is 5.75 Å². The van der Waals surface area contributed by atoms with Crippen LogP contribution in [0.25, 0.3) is 11.0 Å². The van der Waals surface area contributed by atoms with Crippen LogP contribution in [-0.2, 0) is 16.6 Å². The highest BCUT2D eigenvalue weighted by atomic mass is 32.2. The summed E-state index contributed by atoms with van der Waals surface area (Å²) in [7, 11) is -0.732. The van der Waals surface area contributed by atoms with Crippen LogP contribution in [0.4, 0.5) is 5.69 Å². The molecule has 34 heavy (non-hydrogen) atoms. The van der Waals surface area contributed by atoms with E-state index < -0.39 is 15.9 Å². The monoisotopic (exact) mass is 478 g/mol. The lowest BCUT2D eigenvalue weighted by molar-refractivity contribution is 0.0995. The molecule has 0 aliphatic heterocycles. The fourth-order valence-electron chi connectivity index (χ4n) is 3.59. The maximum absolute atomic E-state index is 13.4. The predicted molar refractivity (Wildman–Crippen MR) is 132 cm³/mol. The zero-order valence-electron chi connectivity index (χ0n) is 19.5. The van der Waals surface area contributed by atoms with Crippen molar-refractivity contribution < 1.29 is 22.4 Å². The molecule has 0 saturated carbocycles. The Morgan fingerprint density at radius 3 is 2.38 bits per heavy atom. The second-order valence-electron chi connectivity index (χ2n) is 8.16. The summed E-state index contributed by atoms with van der Waals surface area (Å²) in [5.41, 5.74) is 3.10. The van der Waals surface area contributed by atoms with Gasteiger partial charge in [-0.1, -0.05) is 36.4 Å². The average molecular weight is 479 g/mol. The Balaban J connectivity index is 1.71. The molecule has 0 saturated heterocycles. The summed E-state index contributed by atoms with van der Waals surface area (Å²) in [6.45, 7) is 3.77. The Labute approximate surface area is 199 Å². The first-order chi connectivity index (χ1) is 16.2. The van der Waals surface area contributed by atoms with Crippen LogP contribution in [0.3, 0.4) is 0 Å². The molecular formula is C26H26N2O5S. The normalized spacial score (nSPS) is 11.7. The molecule has 7 nitrogen and oxygen atoms in total. The number of para-hydroxylation sites is 2. The van der Waals surface area contributed by atoms with E-state index in [2.05, 4.69) is 5.32 Å². The maximum atomic E-state index is 13.4. The second kappa shape index (κ2) is 9.32. The van der Waals surface area contributed by atoms with E-state index in [9.17, 15) is 13.2 Å². The van der Waals surface area contributed by atoms with Crippen molar-refractivity contribution in [1.29, 1.82) is 0 Å². The Morgan fingerprint density at radius 2 is 1.68 bits per heavy atom. The molecule has 1 amide bonds. The van der Waals surface area contributed by atoms with Crippen molar-refractivity contribution in [2.45, 2.75) is 25.3 Å². The van der Waals surface area contributed by atoms with Gasteiger partial charge in [0.2, 0.25) is 10.0 Å². The summed E-state index contributed by atoms with van der Waals surface area (Å²) >= 11 is 0. The lowest BCUT2D eigenvalue weighted by Crippen LogP contribution is -2.23. The van der Waals surface area contributed by atoms with E-state index >= 15 is 0 Å². The number of rotatable bonds is 7. The van der Waals surface area contributed by atoms with Gasteiger partial charge in [-0.15, -0.1) is 0 Å². The number of carbonyl (C=O) groups excluding carboxylic acids is 1. The number of hydrogen-bond donors (Lipinski definition) is 1. The van der Waals surface area contributed by atoms with E-state index in [4.69, 9.17) is 9.15 Å². The van der Waals surface area contributed by atoms with Crippen LogP contribution in [0.2, 0.25) is 0 Å². The van der Waals surface area contributed by atoms with Crippen molar-refractivity contribution in [2.75, 3.05) is 19.4 Å². The van der Waals surface area contributed by atoms with Gasteiger partial charge >= 0.3 is 0 Å². The summed E-state index contributed by atoms with van der Waals surface area (Å²) in [5.74, 6) is 0.312. The van der Waals surface area contributed by atoms with Gasteiger partial charge in [-0.05, 0) is 55.3 Å². The van der Waals surface area contributed by atoms with Crippen LogP contribution < -0.4 is 10.1 Å². The Hall–Kier alpha value is -3.62. The molecule has 0 aliphatic carbocycles. The number of carbonyl (C=O) groups is 1. The first-order valence-corrected chi connectivity index (χ1v) is 12.2. The smallest absolute Gasteiger partial charge is 0.291 e. The quantitative estimate of drug-likeness (QED) is 0.398. The molecule has 0 fully saturated rings. The Kier molecular flexibility index (Phi) is 6.45. The summed E-state index contributed by atoms with van der Waals surface area (Å²) in [6.07, 6.45) is 0. The molecule has 0 aliphatic rings. The number of furan rings is 1. The number of aryl methyl sites for hydroxylation is 1. The van der Waals surface area contributed by atoms with Gasteiger partial charge in [0.05, 0.1) is 4.90 Å². The minimum atomic E-state index is -3.67. The number of nitrogens with zero attached hydrogens (tertiary/aromatic N) is 1. The number of amides is 1. The molecule has 3 aromatic carbocycles. The number of ether oxygens (including phenoxy) is 1. The van der Waals surface area contributed by atoms with E-state index in [-0.39, 0.29) is 17.3 Å². The van der Waals surface area contributed by atoms with E-state index in [0.717, 1.165) is 20.8 Å². The first-order valence-electron chi connectivity index (χ1n) is 10.7. The van der Waals surface area contributed by atoms with E-state index in [1.54, 1.807) is 19.1 Å². The number of fused-ring (bicyclic) bond motifs is 1. The summed E-state index contributed by atoms with van der Waals surface area (Å²) < 4.78 is 38.3. The highest BCUT2D eigenvalue weighted by molar-refractivity contribution is 7.89. The van der Waals surface area contributed by atoms with Crippen molar-refractivity contribution >= 4 is 32.6 Å². The standard InChI is InChI=1S/C26H26N2O5S/c1-17-14-20(34(30,31)28(3)4)15-23(18(17)2)27-26(29)25-22(16-32-19-10-6-5-7-11-19)21-12-8-9-13-24(21)33-25/h5-15H,16H2,1-4H3,(H,27,29). The third kappa shape index (κ3) is 4.55. The number of benzene rings is 3. The Bertz CT molecular complexity index is 1460. The largest absolute Gasteiger partial charge is 0.489 e. The van der Waals surface area contributed by atoms with Gasteiger partial charge in [0.15, 0.2) is 5.76 Å². The topological polar surface area (TPSA) is 88.9 Å². The number of hydrogen-bond acceptors (Lipinski definition) is 5. The molecular weight excluding hydrogens is 452 g/mol. The van der Waals surface area contributed by atoms with Crippen LogP contribution in [0.15, 0.2) is 76.0 Å². The molecule has 8 heteroatoms. The number of sulfonamides is 1. The lowest BCUT2D eigenvalue weighted by atomic mass is 10.1. The molecule has 176 valence electrons. The molecule has 4 aromatic rings. The summed E-state index contributed by atoms with van der Waals surface area (Å²) in [4.78, 5) is 13.5. The van der Waals surface area contributed by atoms with E-state index in [1.807, 2.05) is 55.5 Å². The van der Waals surface area contributed by atoms with Gasteiger partial charge in [-0.25, -0.2) is 12.7 Å². The Morgan fingerprint density at radius 1 is 1.00 bits per heavy atom. The molecule has 1 heterocycles. The molecule has 0 atom stereocenters. The lowest BCUT2D eigenvalue weighted by Gasteiger charge is -2.16. The highest BCUT2D eigenvalue weighted by Crippen LogP contribution is 2.30. The van der Waals surface area contributed by atoms with Crippen molar-refractivity contribution in [3.05, 3.63) is 89.2 Å². The summed E-state index contributed by atoms with van der Waals surface area (Å²) in [6, 6.07) is 19.7. The zero-order chi connectivity index (χ0) is 24.5. The van der Waals surface area contributed by atoms with Crippen molar-refractivity contribution in [2.24, 2.45) is 0 Å². The SMILES string of the molecule is Cc1cc(S(=O)(=O)N(C)C)cc(NC(=O)c2oc3ccccc3c2COc2ccccc2)c1C. The number of nitrogens with one attached hydrogen (secondary N) is 1. The second-order valence-corrected chi connectivity index (χ2v) is 10.3. The van der Waals surface area contributed by atoms with Gasteiger partial charge in [-0.3, -0.25) is 4.79 Å². The van der Waals surface area contributed by atoms with Crippen molar-refractivity contribution in [1.82, 2.24) is 4.31 Å². The predicted octanol–water partition coefficient (Wildman–Crippen LogP) is 5.13. The van der Waals surface area contributed by atoms with Gasteiger partial charge in [0.1, 0.15) is 17.9 Å². The van der Waals surface area contributed by atoms with Crippen molar-refractivity contribution in [3.63, 3.8) is 0 Å². The van der Waals surface area contributed by atoms with Crippen LogP contribution in [0.5, 0.6) is 5.75 Å². The van der Waals surface area contributed by atoms with Crippen LogP contribution in [-0.4, -0.2) is 32.7 Å². The third-order valence-electron chi connectivity index (χ3n) is 5.70. The minimum Gasteiger partial charge on any atom is -0.489 e. The van der Waals surface area contributed by atoms with Gasteiger partial charge in [-0.2, -0.15) is 0 Å². The highest BCUT2D eigenvalue weighted by Gasteiger charge is 2.24. The van der Waals surface area contributed by atoms with E-state index in [1.165, 1.54) is 20.2 Å². The average Bonchev–Trinajstić information content (AvgIpc) is 3.19. The van der Waals surface area contributed by atoms with Gasteiger partial charge < -0.3 is 14.5 Å². The fraction of sp³-hybridized carbons (Fsp3) is 0.192. The van der Waals surface area contributed by atoms with Crippen LogP contribution in [0, 0.1) is 13.8 Å². The van der Waals surface area contributed by atoms with Gasteiger partial charge in [0, 0.05) is 30.7 Å². The molecule has 0 unspecified atom stereocenters. The van der Waals surface area contributed by atoms with Crippen LogP contribution >= 0.6 is 0 Å². The molecule has 0 bridgehead atoms. The molecule has 1 N–H and O–H groups in total. The molecule has 4 rings (SSSR count). The maximum Gasteiger partial charge on any atom is 0.291 e. The van der Waals surface area contributed by atoms with Crippen LogP contribution in [0.1, 0.15) is 27.2 Å². The fourth-order valence-corrected chi connectivity index (χ4v) is 4.61. The first kappa shape index (κ1) is 23.5. The summed E-state index contributed by atoms with van der Waals surface area (Å²) in [5, 5.41) is 3.63. The molecule has 0 spiro atoms. The number of anilines is 1. The third-order valence-corrected chi connectivity index (χ3v) is 7.49. The van der Waals surface area contributed by atoms with E-state index in [0.29, 0.717) is 22.6 Å². The van der Waals surface area contributed by atoms with Gasteiger partial charge in [0.25, 0.3) is 5.91 Å². The minimum absolute atomic E-state index is 0.105. The molecule has 1 aromatic heterocycles.